The highest BCUT2D eigenvalue weighted by atomic mass is 31.2. The molecule has 0 unspecified atom stereocenters. The molecule has 0 saturated heterocycles. The number of nitrogens with zero attached hydrogens (tertiary/aromatic N) is 2. The summed E-state index contributed by atoms with van der Waals surface area (Å²) >= 11 is 0. The minimum absolute atomic E-state index is 0.0841. The van der Waals surface area contributed by atoms with E-state index in [1.807, 2.05) is 48.2 Å². The zero-order chi connectivity index (χ0) is 26.5. The third kappa shape index (κ3) is 4.53. The molecule has 0 bridgehead atoms. The van der Waals surface area contributed by atoms with Crippen LogP contribution >= 0.6 is 6.89 Å². The maximum absolute atomic E-state index is 14.0. The molecule has 0 fully saturated rings. The van der Waals surface area contributed by atoms with Crippen molar-refractivity contribution in [1.82, 2.24) is 0 Å². The standard InChI is InChI=1S/C34H31N2OP/c1-3-4-22-36-32-21-20-26(2)23-31(32)33(34(36)37)27(24-35)25-38(28-14-8-5-9-15-28,29-16-10-6-11-17-29)30-18-12-7-13-19-30/h5-21,23,25H,3-4,22H2,1-2H3/b33-27+. The molecule has 0 aromatic heterocycles. The molecule has 0 radical (unpaired) electrons. The van der Waals surface area contributed by atoms with Crippen LogP contribution in [0.3, 0.4) is 0 Å². The second-order valence-electron chi connectivity index (χ2n) is 9.59. The highest BCUT2D eigenvalue weighted by Gasteiger charge is 2.35. The normalized spacial score (nSPS) is 14.1. The smallest absolute Gasteiger partial charge is 0.260 e. The molecule has 0 saturated carbocycles. The van der Waals surface area contributed by atoms with Crippen LogP contribution in [0.25, 0.3) is 5.57 Å². The van der Waals surface area contributed by atoms with Gasteiger partial charge in [-0.1, -0.05) is 116 Å². The highest BCUT2D eigenvalue weighted by molar-refractivity contribution is 7.94. The van der Waals surface area contributed by atoms with Crippen LogP contribution in [0, 0.1) is 18.3 Å². The van der Waals surface area contributed by atoms with Gasteiger partial charge in [-0.25, -0.2) is 0 Å². The molecule has 188 valence electrons. The summed E-state index contributed by atoms with van der Waals surface area (Å²) < 4.78 is 0. The van der Waals surface area contributed by atoms with Crippen LogP contribution in [0.15, 0.2) is 115 Å². The van der Waals surface area contributed by atoms with Gasteiger partial charge in [-0.3, -0.25) is 4.79 Å². The lowest BCUT2D eigenvalue weighted by atomic mass is 10.0. The fraction of sp³-hybridized carbons (Fsp3) is 0.147. The Morgan fingerprint density at radius 3 is 1.84 bits per heavy atom. The van der Waals surface area contributed by atoms with Crippen molar-refractivity contribution in [1.29, 1.82) is 5.26 Å². The van der Waals surface area contributed by atoms with E-state index in [1.54, 1.807) is 0 Å². The number of fused-ring (bicyclic) bond motifs is 1. The maximum Gasteiger partial charge on any atom is 0.260 e. The first kappa shape index (κ1) is 25.5. The lowest BCUT2D eigenvalue weighted by Crippen LogP contribution is -2.29. The molecule has 4 heteroatoms. The molecule has 3 nitrogen and oxygen atoms in total. The average Bonchev–Trinajstić information content (AvgIpc) is 3.24. The van der Waals surface area contributed by atoms with E-state index in [9.17, 15) is 10.1 Å². The number of hydrogen-bond acceptors (Lipinski definition) is 2. The molecule has 1 aliphatic heterocycles. The summed E-state index contributed by atoms with van der Waals surface area (Å²) in [6.45, 7) is 2.35. The minimum Gasteiger partial charge on any atom is -0.308 e. The largest absolute Gasteiger partial charge is 0.308 e. The second-order valence-corrected chi connectivity index (χ2v) is 12.8. The maximum atomic E-state index is 14.0. The molecule has 0 N–H and O–H groups in total. The Labute approximate surface area is 225 Å². The number of carbonyl (C=O) groups excluding carboxylic acids is 1. The first-order valence-electron chi connectivity index (χ1n) is 13.1. The third-order valence-corrected chi connectivity index (χ3v) is 11.1. The average molecular weight is 515 g/mol. The highest BCUT2D eigenvalue weighted by Crippen LogP contribution is 2.46. The number of hydrogen-bond donors (Lipinski definition) is 0. The van der Waals surface area contributed by atoms with Crippen LogP contribution < -0.4 is 20.8 Å². The molecule has 5 rings (SSSR count). The van der Waals surface area contributed by atoms with Crippen LogP contribution in [0.2, 0.25) is 0 Å². The van der Waals surface area contributed by atoms with Crippen molar-refractivity contribution in [2.75, 3.05) is 11.4 Å². The minimum atomic E-state index is -2.45. The van der Waals surface area contributed by atoms with Gasteiger partial charge >= 0.3 is 0 Å². The predicted molar refractivity (Wildman–Crippen MR) is 162 cm³/mol. The third-order valence-electron chi connectivity index (χ3n) is 7.11. The summed E-state index contributed by atoms with van der Waals surface area (Å²) in [5.41, 5.74) is 3.76. The van der Waals surface area contributed by atoms with E-state index in [4.69, 9.17) is 0 Å². The van der Waals surface area contributed by atoms with Gasteiger partial charge in [0, 0.05) is 12.1 Å². The molecule has 0 atom stereocenters. The van der Waals surface area contributed by atoms with Gasteiger partial charge in [0.15, 0.2) is 0 Å². The number of rotatable bonds is 7. The number of amides is 1. The number of aryl methyl sites for hydroxylation is 1. The summed E-state index contributed by atoms with van der Waals surface area (Å²) in [5.74, 6) is 2.04. The van der Waals surface area contributed by atoms with Crippen molar-refractivity contribution in [2.45, 2.75) is 26.7 Å². The van der Waals surface area contributed by atoms with Gasteiger partial charge in [-0.2, -0.15) is 5.26 Å². The monoisotopic (exact) mass is 514 g/mol. The molecule has 4 aromatic rings. The number of anilines is 1. The van der Waals surface area contributed by atoms with Crippen molar-refractivity contribution >= 4 is 45.8 Å². The summed E-state index contributed by atoms with van der Waals surface area (Å²) in [6, 6.07) is 39.8. The topological polar surface area (TPSA) is 44.1 Å². The van der Waals surface area contributed by atoms with Crippen molar-refractivity contribution in [2.24, 2.45) is 0 Å². The van der Waals surface area contributed by atoms with Crippen molar-refractivity contribution in [3.63, 3.8) is 0 Å². The van der Waals surface area contributed by atoms with Gasteiger partial charge in [0.2, 0.25) is 0 Å². The van der Waals surface area contributed by atoms with Crippen LogP contribution in [0.4, 0.5) is 5.69 Å². The van der Waals surface area contributed by atoms with E-state index in [0.717, 1.165) is 45.6 Å². The van der Waals surface area contributed by atoms with E-state index in [0.29, 0.717) is 17.7 Å². The summed E-state index contributed by atoms with van der Waals surface area (Å²) in [6.07, 6.45) is 1.90. The van der Waals surface area contributed by atoms with Gasteiger partial charge in [-0.15, -0.1) is 0 Å². The fourth-order valence-corrected chi connectivity index (χ4v) is 9.09. The Kier molecular flexibility index (Phi) is 7.45. The molecule has 1 heterocycles. The van der Waals surface area contributed by atoms with E-state index >= 15 is 0 Å². The quantitative estimate of drug-likeness (QED) is 0.167. The summed E-state index contributed by atoms with van der Waals surface area (Å²) in [4.78, 5) is 15.8. The number of allylic oxidation sites excluding steroid dienone is 1. The van der Waals surface area contributed by atoms with Crippen LogP contribution in [0.1, 0.15) is 30.9 Å². The number of carbonyl (C=O) groups is 1. The number of benzene rings is 4. The Hall–Kier alpha value is -4.12. The molecule has 1 aliphatic rings. The molecular weight excluding hydrogens is 483 g/mol. The second kappa shape index (κ2) is 11.1. The van der Waals surface area contributed by atoms with E-state index in [-0.39, 0.29) is 5.91 Å². The van der Waals surface area contributed by atoms with E-state index in [2.05, 4.69) is 91.6 Å². The van der Waals surface area contributed by atoms with Gasteiger partial charge in [0.1, 0.15) is 6.07 Å². The number of unbranched alkanes of at least 4 members (excludes halogenated alkanes) is 1. The molecule has 38 heavy (non-hydrogen) atoms. The molecule has 0 spiro atoms. The van der Waals surface area contributed by atoms with E-state index in [1.165, 1.54) is 0 Å². The fourth-order valence-electron chi connectivity index (χ4n) is 5.25. The van der Waals surface area contributed by atoms with E-state index < -0.39 is 6.89 Å². The zero-order valence-electron chi connectivity index (χ0n) is 21.8. The molecule has 0 aliphatic carbocycles. The summed E-state index contributed by atoms with van der Waals surface area (Å²) in [7, 11) is 0. The number of nitriles is 1. The Bertz CT molecular complexity index is 1480. The zero-order valence-corrected chi connectivity index (χ0v) is 22.7. The van der Waals surface area contributed by atoms with Crippen molar-refractivity contribution in [3.8, 4) is 6.07 Å². The molecule has 1 amide bonds. The SMILES string of the molecule is CCCCN1C(=O)/C(=C(\C#N)C=P(c2ccccc2)(c2ccccc2)c2ccccc2)c2cc(C)ccc21. The Balaban J connectivity index is 1.89. The lowest BCUT2D eigenvalue weighted by Gasteiger charge is -2.29. The van der Waals surface area contributed by atoms with Crippen molar-refractivity contribution in [3.05, 3.63) is 126 Å². The van der Waals surface area contributed by atoms with Gasteiger partial charge in [0.25, 0.3) is 5.91 Å². The predicted octanol–water partition coefficient (Wildman–Crippen LogP) is 6.22. The van der Waals surface area contributed by atoms with Crippen LogP contribution in [0.5, 0.6) is 0 Å². The first-order valence-corrected chi connectivity index (χ1v) is 14.9. The van der Waals surface area contributed by atoms with Crippen LogP contribution in [-0.4, -0.2) is 18.2 Å². The first-order chi connectivity index (χ1) is 18.6. The van der Waals surface area contributed by atoms with Crippen LogP contribution in [-0.2, 0) is 4.79 Å². The Morgan fingerprint density at radius 1 is 0.842 bits per heavy atom. The van der Waals surface area contributed by atoms with Gasteiger partial charge in [0.05, 0.1) is 16.8 Å². The van der Waals surface area contributed by atoms with Gasteiger partial charge in [-0.05, 0) is 54.1 Å². The van der Waals surface area contributed by atoms with Crippen molar-refractivity contribution < 1.29 is 4.79 Å². The molecule has 4 aromatic carbocycles. The Morgan fingerprint density at radius 2 is 1.37 bits per heavy atom. The van der Waals surface area contributed by atoms with Gasteiger partial charge < -0.3 is 4.90 Å². The molecular formula is C34H31N2OP. The lowest BCUT2D eigenvalue weighted by molar-refractivity contribution is -0.113. The summed E-state index contributed by atoms with van der Waals surface area (Å²) in [5, 5.41) is 14.1.